The number of likely N-dealkylation sites (tertiary alicyclic amines) is 1. The van der Waals surface area contributed by atoms with E-state index < -0.39 is 36.1 Å². The van der Waals surface area contributed by atoms with Crippen LogP contribution in [0.4, 0.5) is 31.4 Å². The van der Waals surface area contributed by atoms with Gasteiger partial charge in [0.1, 0.15) is 6.23 Å². The van der Waals surface area contributed by atoms with E-state index in [9.17, 15) is 19.5 Å². The number of hydrogen-bond donors (Lipinski definition) is 5. The van der Waals surface area contributed by atoms with Crippen molar-refractivity contribution in [2.45, 2.75) is 30.7 Å². The molecular weight excluding hydrogens is 550 g/mol. The maximum absolute atomic E-state index is 13.0. The van der Waals surface area contributed by atoms with Gasteiger partial charge < -0.3 is 25.2 Å². The normalized spacial score (nSPS) is 19.3. The number of nitrogens with one attached hydrogen (secondary N) is 4. The minimum absolute atomic E-state index is 0.220. The molecule has 1 saturated heterocycles. The summed E-state index contributed by atoms with van der Waals surface area (Å²) in [6.07, 6.45) is -1.47. The van der Waals surface area contributed by atoms with Crippen LogP contribution in [0.2, 0.25) is 5.02 Å². The monoisotopic (exact) mass is 579 g/mol. The van der Waals surface area contributed by atoms with Crippen LogP contribution in [0.15, 0.2) is 72.8 Å². The van der Waals surface area contributed by atoms with Crippen molar-refractivity contribution in [1.29, 1.82) is 0 Å². The van der Waals surface area contributed by atoms with E-state index in [0.717, 1.165) is 11.1 Å². The first-order chi connectivity index (χ1) is 19.7. The Morgan fingerprint density at radius 2 is 1.80 bits per heavy atom. The van der Waals surface area contributed by atoms with E-state index in [4.69, 9.17) is 16.3 Å². The predicted octanol–water partition coefficient (Wildman–Crippen LogP) is 4.73. The van der Waals surface area contributed by atoms with Crippen LogP contribution in [0.25, 0.3) is 0 Å². The van der Waals surface area contributed by atoms with Crippen molar-refractivity contribution in [1.82, 2.24) is 10.2 Å². The van der Waals surface area contributed by atoms with Crippen LogP contribution in [-0.4, -0.2) is 60.7 Å². The second-order valence-corrected chi connectivity index (χ2v) is 10.4. The number of hydrogen-bond acceptors (Lipinski definition) is 7. The topological polar surface area (TPSA) is 141 Å². The minimum atomic E-state index is -1.09. The summed E-state index contributed by atoms with van der Waals surface area (Å²) >= 11 is 6.27. The van der Waals surface area contributed by atoms with Gasteiger partial charge in [-0.05, 0) is 54.4 Å². The van der Waals surface area contributed by atoms with E-state index in [2.05, 4.69) is 26.0 Å². The molecule has 0 aromatic heterocycles. The van der Waals surface area contributed by atoms with Crippen LogP contribution < -0.4 is 21.3 Å². The lowest BCUT2D eigenvalue weighted by Gasteiger charge is -2.37. The number of methoxy groups -OCH3 is 1. The third-order valence-electron chi connectivity index (χ3n) is 7.18. The Kier molecular flexibility index (Phi) is 8.29. The van der Waals surface area contributed by atoms with Crippen molar-refractivity contribution in [3.63, 3.8) is 0 Å². The summed E-state index contributed by atoms with van der Waals surface area (Å²) in [5.74, 6) is 0. The number of nitrogens with zero attached hydrogens (tertiary/aromatic N) is 1. The number of aliphatic hydroxyl groups is 1. The molecule has 3 atom stereocenters. The molecule has 1 spiro atoms. The molecule has 5 rings (SSSR count). The summed E-state index contributed by atoms with van der Waals surface area (Å²) < 4.78 is 10.4. The van der Waals surface area contributed by atoms with Gasteiger partial charge in [-0.2, -0.15) is 0 Å². The fourth-order valence-electron chi connectivity index (χ4n) is 5.20. The molecule has 0 saturated carbocycles. The molecular formula is C29H30ClN5O6. The standard InChI is InChI=1S/C29H30ClN5O6/c1-40-27(38)32-21-10-8-20(9-11-21)31-26(37)33-24(15-18-5-3-2-4-6-18)25(36)35-14-13-29(17-35)22-16-19(30)7-12-23(22)34-28(39)41-29/h2-12,16,24-25,36H,13-15,17H2,1H3,(H,32,38)(H,34,39)(H2,31,33,37). The average Bonchev–Trinajstić information content (AvgIpc) is 3.38. The van der Waals surface area contributed by atoms with Gasteiger partial charge in [0, 0.05) is 41.5 Å². The number of halogens is 1. The fourth-order valence-corrected chi connectivity index (χ4v) is 5.38. The van der Waals surface area contributed by atoms with E-state index in [-0.39, 0.29) is 6.54 Å². The second-order valence-electron chi connectivity index (χ2n) is 9.92. The molecule has 2 heterocycles. The number of carbonyl (C=O) groups excluding carboxylic acids is 3. The molecule has 214 valence electrons. The number of aliphatic hydroxyl groups excluding tert-OH is 1. The molecule has 3 aromatic carbocycles. The third kappa shape index (κ3) is 6.54. The van der Waals surface area contributed by atoms with Crippen LogP contribution in [0.5, 0.6) is 0 Å². The molecule has 5 N–H and O–H groups in total. The summed E-state index contributed by atoms with van der Waals surface area (Å²) in [6.45, 7) is 0.641. The lowest BCUT2D eigenvalue weighted by Crippen LogP contribution is -2.54. The maximum Gasteiger partial charge on any atom is 0.412 e. The van der Waals surface area contributed by atoms with Gasteiger partial charge >= 0.3 is 18.2 Å². The number of carbonyl (C=O) groups is 3. The number of urea groups is 1. The summed E-state index contributed by atoms with van der Waals surface area (Å²) in [5.41, 5.74) is 2.30. The highest BCUT2D eigenvalue weighted by molar-refractivity contribution is 6.30. The molecule has 2 aliphatic rings. The summed E-state index contributed by atoms with van der Waals surface area (Å²) in [4.78, 5) is 38.6. The average molecular weight is 580 g/mol. The second kappa shape index (κ2) is 12.0. The van der Waals surface area contributed by atoms with E-state index in [1.54, 1.807) is 47.4 Å². The maximum atomic E-state index is 13.0. The highest BCUT2D eigenvalue weighted by Gasteiger charge is 2.49. The quantitative estimate of drug-likeness (QED) is 0.272. The Bertz CT molecular complexity index is 1420. The molecule has 41 heavy (non-hydrogen) atoms. The molecule has 3 unspecified atom stereocenters. The van der Waals surface area contributed by atoms with Gasteiger partial charge in [0.25, 0.3) is 0 Å². The number of benzene rings is 3. The first-order valence-electron chi connectivity index (χ1n) is 13.0. The molecule has 0 bridgehead atoms. The molecule has 4 amide bonds. The Hall–Kier alpha value is -4.32. The van der Waals surface area contributed by atoms with Crippen molar-refractivity contribution in [3.8, 4) is 0 Å². The van der Waals surface area contributed by atoms with Crippen molar-refractivity contribution in [3.05, 3.63) is 88.9 Å². The smallest absolute Gasteiger partial charge is 0.412 e. The van der Waals surface area contributed by atoms with E-state index in [0.29, 0.717) is 41.5 Å². The zero-order chi connectivity index (χ0) is 29.0. The molecule has 0 aliphatic carbocycles. The predicted molar refractivity (Wildman–Crippen MR) is 154 cm³/mol. The van der Waals surface area contributed by atoms with Gasteiger partial charge in [-0.25, -0.2) is 14.4 Å². The fraction of sp³-hybridized carbons (Fsp3) is 0.276. The zero-order valence-electron chi connectivity index (χ0n) is 22.2. The van der Waals surface area contributed by atoms with Gasteiger partial charge in [0.15, 0.2) is 5.60 Å². The lowest BCUT2D eigenvalue weighted by atomic mass is 9.90. The van der Waals surface area contributed by atoms with Crippen LogP contribution >= 0.6 is 11.6 Å². The first-order valence-corrected chi connectivity index (χ1v) is 13.4. The Labute approximate surface area is 241 Å². The molecule has 11 nitrogen and oxygen atoms in total. The van der Waals surface area contributed by atoms with Crippen molar-refractivity contribution in [2.75, 3.05) is 36.1 Å². The van der Waals surface area contributed by atoms with Gasteiger partial charge in [0.2, 0.25) is 0 Å². The Morgan fingerprint density at radius 1 is 1.10 bits per heavy atom. The van der Waals surface area contributed by atoms with Crippen LogP contribution in [-0.2, 0) is 21.5 Å². The van der Waals surface area contributed by atoms with Gasteiger partial charge in [0.05, 0.1) is 18.8 Å². The van der Waals surface area contributed by atoms with E-state index in [1.807, 2.05) is 30.3 Å². The largest absolute Gasteiger partial charge is 0.453 e. The van der Waals surface area contributed by atoms with Gasteiger partial charge in [-0.3, -0.25) is 15.5 Å². The Balaban J connectivity index is 1.31. The molecule has 0 radical (unpaired) electrons. The number of ether oxygens (including phenoxy) is 2. The van der Waals surface area contributed by atoms with Gasteiger partial charge in [-0.15, -0.1) is 0 Å². The summed E-state index contributed by atoms with van der Waals surface area (Å²) in [5, 5.41) is 23.0. The van der Waals surface area contributed by atoms with E-state index in [1.165, 1.54) is 7.11 Å². The van der Waals surface area contributed by atoms with Crippen LogP contribution in [0.3, 0.4) is 0 Å². The van der Waals surface area contributed by atoms with Gasteiger partial charge in [-0.1, -0.05) is 41.9 Å². The van der Waals surface area contributed by atoms with Crippen molar-refractivity contribution in [2.24, 2.45) is 0 Å². The molecule has 12 heteroatoms. The number of rotatable bonds is 7. The summed E-state index contributed by atoms with van der Waals surface area (Å²) in [7, 11) is 1.27. The Morgan fingerprint density at radius 3 is 2.51 bits per heavy atom. The molecule has 1 fully saturated rings. The molecule has 3 aromatic rings. The minimum Gasteiger partial charge on any atom is -0.453 e. The highest BCUT2D eigenvalue weighted by Crippen LogP contribution is 2.44. The number of amides is 4. The SMILES string of the molecule is COC(=O)Nc1ccc(NC(=O)NC(Cc2ccccc2)C(O)N2CCC3(C2)OC(=O)Nc2ccc(Cl)cc23)cc1. The highest BCUT2D eigenvalue weighted by atomic mass is 35.5. The first kappa shape index (κ1) is 28.2. The molecule has 2 aliphatic heterocycles. The zero-order valence-corrected chi connectivity index (χ0v) is 23.0. The number of anilines is 3. The van der Waals surface area contributed by atoms with Crippen LogP contribution in [0, 0.1) is 0 Å². The van der Waals surface area contributed by atoms with Crippen LogP contribution in [0.1, 0.15) is 17.5 Å². The van der Waals surface area contributed by atoms with Crippen molar-refractivity contribution >= 4 is 46.9 Å². The third-order valence-corrected chi connectivity index (χ3v) is 7.42. The van der Waals surface area contributed by atoms with Crippen molar-refractivity contribution < 1.29 is 29.0 Å². The summed E-state index contributed by atoms with van der Waals surface area (Å²) in [6, 6.07) is 20.0. The number of fused-ring (bicyclic) bond motifs is 2. The lowest BCUT2D eigenvalue weighted by molar-refractivity contribution is -0.0350. The van der Waals surface area contributed by atoms with E-state index >= 15 is 0 Å².